The molecule has 48 valence electrons. The SMILES string of the molecule is [2H]N1CCOCC1(C)C. The lowest BCUT2D eigenvalue weighted by Gasteiger charge is -2.30. The second-order valence-electron chi connectivity index (χ2n) is 2.75. The Morgan fingerprint density at radius 3 is 2.88 bits per heavy atom. The average molecular weight is 116 g/mol. The lowest BCUT2D eigenvalue weighted by molar-refractivity contribution is 0.0436. The van der Waals surface area contributed by atoms with Gasteiger partial charge in [0.25, 0.3) is 0 Å². The lowest BCUT2D eigenvalue weighted by atomic mass is 10.1. The van der Waals surface area contributed by atoms with Crippen LogP contribution in [0.25, 0.3) is 0 Å². The first-order valence-electron chi connectivity index (χ1n) is 3.42. The zero-order chi connectivity index (χ0) is 6.91. The van der Waals surface area contributed by atoms with Crippen molar-refractivity contribution in [3.05, 3.63) is 0 Å². The predicted molar refractivity (Wildman–Crippen MR) is 32.9 cm³/mol. The van der Waals surface area contributed by atoms with E-state index >= 15 is 0 Å². The van der Waals surface area contributed by atoms with E-state index in [4.69, 9.17) is 6.15 Å². The van der Waals surface area contributed by atoms with Gasteiger partial charge in [0.05, 0.1) is 13.2 Å². The zero-order valence-corrected chi connectivity index (χ0v) is 5.48. The summed E-state index contributed by atoms with van der Waals surface area (Å²) in [5, 5.41) is 1.58. The Morgan fingerprint density at radius 1 is 1.75 bits per heavy atom. The first-order chi connectivity index (χ1) is 4.13. The number of hydrogen-bond donors (Lipinski definition) is 1. The van der Waals surface area contributed by atoms with Gasteiger partial charge in [-0.15, -0.1) is 0 Å². The molecule has 1 heterocycles. The van der Waals surface area contributed by atoms with Gasteiger partial charge < -0.3 is 10.0 Å². The van der Waals surface area contributed by atoms with E-state index in [0.717, 1.165) is 6.54 Å². The summed E-state index contributed by atoms with van der Waals surface area (Å²) in [6.45, 7) is 6.13. The fraction of sp³-hybridized carbons (Fsp3) is 1.00. The van der Waals surface area contributed by atoms with E-state index in [1.54, 1.807) is 5.31 Å². The van der Waals surface area contributed by atoms with Crippen molar-refractivity contribution in [2.45, 2.75) is 19.4 Å². The van der Waals surface area contributed by atoms with Crippen molar-refractivity contribution in [2.24, 2.45) is 0 Å². The largest absolute Gasteiger partial charge is 0.378 e. The van der Waals surface area contributed by atoms with E-state index in [2.05, 4.69) is 0 Å². The van der Waals surface area contributed by atoms with Crippen molar-refractivity contribution in [2.75, 3.05) is 19.8 Å². The predicted octanol–water partition coefficient (Wildman–Crippen LogP) is 0.385. The van der Waals surface area contributed by atoms with E-state index in [-0.39, 0.29) is 5.54 Å². The van der Waals surface area contributed by atoms with Gasteiger partial charge >= 0.3 is 0 Å². The Hall–Kier alpha value is -0.0800. The summed E-state index contributed by atoms with van der Waals surface area (Å²) in [5.74, 6) is 0. The molecule has 0 bridgehead atoms. The van der Waals surface area contributed by atoms with Crippen LogP contribution in [0.4, 0.5) is 0 Å². The third-order valence-corrected chi connectivity index (χ3v) is 1.23. The zero-order valence-electron chi connectivity index (χ0n) is 6.48. The minimum absolute atomic E-state index is 0.0851. The van der Waals surface area contributed by atoms with Crippen LogP contribution in [0, 0.1) is 0 Å². The van der Waals surface area contributed by atoms with Crippen LogP contribution in [-0.2, 0) is 4.74 Å². The minimum atomic E-state index is -0.0851. The molecule has 0 radical (unpaired) electrons. The van der Waals surface area contributed by atoms with Gasteiger partial charge in [0.2, 0.25) is 0 Å². The van der Waals surface area contributed by atoms with Crippen LogP contribution in [-0.4, -0.2) is 25.3 Å². The monoisotopic (exact) mass is 116 g/mol. The van der Waals surface area contributed by atoms with Gasteiger partial charge in [0.1, 0.15) is 1.41 Å². The van der Waals surface area contributed by atoms with Crippen molar-refractivity contribution in [3.63, 3.8) is 0 Å². The summed E-state index contributed by atoms with van der Waals surface area (Å²) in [4.78, 5) is 0. The molecule has 1 aliphatic heterocycles. The summed E-state index contributed by atoms with van der Waals surface area (Å²) in [5.41, 5.74) is -0.0851. The standard InChI is InChI=1S/C6H13NO/c1-6(2)5-8-4-3-7-6/h7H,3-5H2,1-2H3/i/hD. The molecule has 0 saturated carbocycles. The van der Waals surface area contributed by atoms with Gasteiger partial charge in [-0.1, -0.05) is 0 Å². The molecule has 0 aliphatic carbocycles. The maximum Gasteiger partial charge on any atom is 0.123 e. The van der Waals surface area contributed by atoms with Crippen LogP contribution in [0.15, 0.2) is 0 Å². The van der Waals surface area contributed by atoms with Crippen molar-refractivity contribution < 1.29 is 6.15 Å². The molecule has 0 aromatic carbocycles. The second kappa shape index (κ2) is 2.03. The van der Waals surface area contributed by atoms with E-state index in [1.807, 2.05) is 13.8 Å². The van der Waals surface area contributed by atoms with Crippen molar-refractivity contribution in [1.82, 2.24) is 5.31 Å². The van der Waals surface area contributed by atoms with E-state index in [0.29, 0.717) is 13.2 Å². The van der Waals surface area contributed by atoms with Gasteiger partial charge in [-0.05, 0) is 13.8 Å². The lowest BCUT2D eigenvalue weighted by Crippen LogP contribution is -2.49. The molecule has 1 fully saturated rings. The number of rotatable bonds is 0. The second-order valence-corrected chi connectivity index (χ2v) is 2.75. The Kier molecular flexibility index (Phi) is 1.21. The third kappa shape index (κ3) is 1.46. The Morgan fingerprint density at radius 2 is 2.50 bits per heavy atom. The fourth-order valence-electron chi connectivity index (χ4n) is 0.780. The Balaban J connectivity index is 2.49. The van der Waals surface area contributed by atoms with Crippen LogP contribution >= 0.6 is 0 Å². The van der Waals surface area contributed by atoms with Crippen LogP contribution < -0.4 is 5.31 Å². The highest BCUT2D eigenvalue weighted by molar-refractivity contribution is 4.79. The van der Waals surface area contributed by atoms with E-state index in [9.17, 15) is 0 Å². The van der Waals surface area contributed by atoms with E-state index < -0.39 is 0 Å². The Labute approximate surface area is 51.7 Å². The molecule has 0 spiro atoms. The Bertz CT molecular complexity index is 105. The summed E-state index contributed by atoms with van der Waals surface area (Å²) in [7, 11) is 0. The molecule has 0 unspecified atom stereocenters. The van der Waals surface area contributed by atoms with Gasteiger partial charge in [-0.25, -0.2) is 0 Å². The topological polar surface area (TPSA) is 21.3 Å². The van der Waals surface area contributed by atoms with Gasteiger partial charge in [0.15, 0.2) is 0 Å². The number of hydrogen-bond acceptors (Lipinski definition) is 2. The maximum absolute atomic E-state index is 7.43. The molecule has 1 rings (SSSR count). The minimum Gasteiger partial charge on any atom is -0.378 e. The molecule has 2 nitrogen and oxygen atoms in total. The number of nitrogens with one attached hydrogen (secondary N) is 1. The highest BCUT2D eigenvalue weighted by Crippen LogP contribution is 2.04. The molecular weight excluding hydrogens is 102 g/mol. The summed E-state index contributed by atoms with van der Waals surface area (Å²) in [6, 6.07) is 0. The van der Waals surface area contributed by atoms with Crippen molar-refractivity contribution >= 4 is 0 Å². The normalized spacial score (nSPS) is 32.0. The quantitative estimate of drug-likeness (QED) is 0.494. The molecular formula is C6H13NO. The van der Waals surface area contributed by atoms with E-state index in [1.165, 1.54) is 0 Å². The fourth-order valence-corrected chi connectivity index (χ4v) is 0.780. The third-order valence-electron chi connectivity index (χ3n) is 1.23. The summed E-state index contributed by atoms with van der Waals surface area (Å²) in [6.07, 6.45) is 0. The number of ether oxygens (including phenoxy) is 1. The van der Waals surface area contributed by atoms with Gasteiger partial charge in [-0.3, -0.25) is 0 Å². The van der Waals surface area contributed by atoms with Gasteiger partial charge in [0, 0.05) is 12.1 Å². The maximum atomic E-state index is 7.43. The molecule has 1 aliphatic rings. The smallest absolute Gasteiger partial charge is 0.123 e. The van der Waals surface area contributed by atoms with Crippen LogP contribution in [0.5, 0.6) is 0 Å². The number of morpholine rings is 1. The molecule has 8 heavy (non-hydrogen) atoms. The molecule has 0 amide bonds. The first-order valence-corrected chi connectivity index (χ1v) is 2.97. The first kappa shape index (κ1) is 4.77. The van der Waals surface area contributed by atoms with Crippen LogP contribution in [0.2, 0.25) is 1.41 Å². The summed E-state index contributed by atoms with van der Waals surface area (Å²) < 4.78 is 12.6. The molecule has 0 aromatic heterocycles. The van der Waals surface area contributed by atoms with Crippen LogP contribution in [0.3, 0.4) is 0 Å². The molecule has 1 saturated heterocycles. The molecule has 1 N–H and O–H groups in total. The molecule has 0 aromatic rings. The average Bonchev–Trinajstić information content (AvgIpc) is 1.77. The molecule has 2 heteroatoms. The van der Waals surface area contributed by atoms with Gasteiger partial charge in [-0.2, -0.15) is 0 Å². The molecule has 0 atom stereocenters. The highest BCUT2D eigenvalue weighted by atomic mass is 16.5. The highest BCUT2D eigenvalue weighted by Gasteiger charge is 2.19. The van der Waals surface area contributed by atoms with Crippen molar-refractivity contribution in [3.8, 4) is 0 Å². The van der Waals surface area contributed by atoms with Crippen molar-refractivity contribution in [1.29, 1.82) is 0 Å². The van der Waals surface area contributed by atoms with Crippen LogP contribution in [0.1, 0.15) is 13.8 Å². The summed E-state index contributed by atoms with van der Waals surface area (Å²) >= 11 is 0.